The highest BCUT2D eigenvalue weighted by atomic mass is 19.1. The number of halogens is 1. The van der Waals surface area contributed by atoms with Crippen LogP contribution in [0.5, 0.6) is 5.75 Å². The number of ether oxygens (including phenoxy) is 2. The fraction of sp³-hybridized carbons (Fsp3) is 0.304. The van der Waals surface area contributed by atoms with Crippen LogP contribution in [0.15, 0.2) is 47.5 Å². The summed E-state index contributed by atoms with van der Waals surface area (Å²) in [5.41, 5.74) is 1.71. The maximum atomic E-state index is 14.0. The number of benzene rings is 2. The second-order valence-electron chi connectivity index (χ2n) is 7.77. The van der Waals surface area contributed by atoms with Crippen LogP contribution in [0.4, 0.5) is 15.0 Å². The number of phenolic OH excluding ortho intramolecular Hbond substituents is 1. The normalized spacial score (nSPS) is 19.7. The van der Waals surface area contributed by atoms with Crippen molar-refractivity contribution in [1.29, 1.82) is 0 Å². The number of hydrogen-bond acceptors (Lipinski definition) is 7. The Hall–Kier alpha value is -3.59. The molecule has 2 aliphatic heterocycles. The van der Waals surface area contributed by atoms with E-state index in [1.54, 1.807) is 30.3 Å². The summed E-state index contributed by atoms with van der Waals surface area (Å²) in [6, 6.07) is 11.1. The molecule has 0 bridgehead atoms. The number of para-hydroxylation sites is 1. The van der Waals surface area contributed by atoms with Crippen LogP contribution < -0.4 is 4.90 Å². The molecule has 2 fully saturated rings. The van der Waals surface area contributed by atoms with Gasteiger partial charge < -0.3 is 19.5 Å². The van der Waals surface area contributed by atoms with Crippen LogP contribution >= 0.6 is 0 Å². The van der Waals surface area contributed by atoms with E-state index in [1.165, 1.54) is 12.1 Å². The third-order valence-corrected chi connectivity index (χ3v) is 5.53. The fourth-order valence-electron chi connectivity index (χ4n) is 3.93. The van der Waals surface area contributed by atoms with Gasteiger partial charge in [0.15, 0.2) is 5.82 Å². The van der Waals surface area contributed by atoms with Crippen molar-refractivity contribution in [2.75, 3.05) is 31.2 Å². The monoisotopic (exact) mass is 436 g/mol. The maximum Gasteiger partial charge on any atom is 0.433 e. The van der Waals surface area contributed by atoms with Crippen LogP contribution in [-0.4, -0.2) is 59.3 Å². The summed E-state index contributed by atoms with van der Waals surface area (Å²) in [6.45, 7) is 1.90. The van der Waals surface area contributed by atoms with Gasteiger partial charge in [-0.3, -0.25) is 0 Å². The molecule has 0 saturated carbocycles. The molecule has 164 valence electrons. The SMILES string of the molecule is O=C(/N=C1\CCN(c2nc(-c3ccccc3O)nc3ccc(F)cc23)C1)O[C@H]1CCOC1. The zero-order chi connectivity index (χ0) is 22.1. The molecule has 0 unspecified atom stereocenters. The Morgan fingerprint density at radius 2 is 2.12 bits per heavy atom. The Morgan fingerprint density at radius 3 is 2.94 bits per heavy atom. The predicted molar refractivity (Wildman–Crippen MR) is 117 cm³/mol. The van der Waals surface area contributed by atoms with Crippen LogP contribution in [0.25, 0.3) is 22.3 Å². The van der Waals surface area contributed by atoms with E-state index >= 15 is 0 Å². The minimum Gasteiger partial charge on any atom is -0.507 e. The molecule has 0 radical (unpaired) electrons. The van der Waals surface area contributed by atoms with E-state index in [-0.39, 0.29) is 11.9 Å². The molecule has 0 spiro atoms. The Balaban J connectivity index is 1.46. The Labute approximate surface area is 183 Å². The molecule has 0 aliphatic carbocycles. The number of rotatable bonds is 3. The van der Waals surface area contributed by atoms with Gasteiger partial charge in [-0.25, -0.2) is 19.2 Å². The lowest BCUT2D eigenvalue weighted by molar-refractivity contribution is 0.0903. The van der Waals surface area contributed by atoms with E-state index in [4.69, 9.17) is 9.47 Å². The van der Waals surface area contributed by atoms with Crippen molar-refractivity contribution in [2.24, 2.45) is 4.99 Å². The molecule has 1 N–H and O–H groups in total. The lowest BCUT2D eigenvalue weighted by atomic mass is 10.1. The van der Waals surface area contributed by atoms with E-state index in [0.717, 1.165) is 0 Å². The van der Waals surface area contributed by atoms with Gasteiger partial charge in [0.1, 0.15) is 23.5 Å². The summed E-state index contributed by atoms with van der Waals surface area (Å²) < 4.78 is 24.6. The molecule has 5 rings (SSSR count). The number of aliphatic imine (C=N–C) groups is 1. The minimum atomic E-state index is -0.620. The first-order chi connectivity index (χ1) is 15.6. The van der Waals surface area contributed by atoms with Gasteiger partial charge in [-0.2, -0.15) is 4.99 Å². The zero-order valence-electron chi connectivity index (χ0n) is 17.2. The Kier molecular flexibility index (Phi) is 5.40. The van der Waals surface area contributed by atoms with E-state index in [1.807, 2.05) is 4.90 Å². The third-order valence-electron chi connectivity index (χ3n) is 5.53. The Bertz CT molecular complexity index is 1210. The molecule has 1 amide bonds. The topological polar surface area (TPSA) is 97.1 Å². The van der Waals surface area contributed by atoms with Crippen molar-refractivity contribution >= 4 is 28.5 Å². The molecule has 2 saturated heterocycles. The van der Waals surface area contributed by atoms with Crippen LogP contribution in [0, 0.1) is 5.82 Å². The van der Waals surface area contributed by atoms with Gasteiger partial charge in [-0.1, -0.05) is 12.1 Å². The van der Waals surface area contributed by atoms with Gasteiger partial charge in [0.2, 0.25) is 0 Å². The standard InChI is InChI=1S/C23H21FN4O4/c24-14-5-6-19-18(11-14)22(27-21(26-19)17-3-1-2-4-20(17)29)28-9-7-15(12-28)25-23(30)32-16-8-10-31-13-16/h1-6,11,16,29H,7-10,12-13H2/b25-15+/t16-/m0/s1. The number of hydrogen-bond donors (Lipinski definition) is 1. The zero-order valence-corrected chi connectivity index (χ0v) is 17.2. The summed E-state index contributed by atoms with van der Waals surface area (Å²) >= 11 is 0. The first-order valence-corrected chi connectivity index (χ1v) is 10.4. The van der Waals surface area contributed by atoms with Gasteiger partial charge >= 0.3 is 6.09 Å². The predicted octanol–water partition coefficient (Wildman–Crippen LogP) is 3.72. The maximum absolute atomic E-state index is 14.0. The summed E-state index contributed by atoms with van der Waals surface area (Å²) in [6.07, 6.45) is 0.365. The number of amides is 1. The second-order valence-corrected chi connectivity index (χ2v) is 7.77. The van der Waals surface area contributed by atoms with Crippen molar-refractivity contribution in [2.45, 2.75) is 18.9 Å². The molecule has 2 aromatic carbocycles. The molecule has 3 aromatic rings. The van der Waals surface area contributed by atoms with Crippen molar-refractivity contribution in [1.82, 2.24) is 9.97 Å². The number of aromatic nitrogens is 2. The Morgan fingerprint density at radius 1 is 1.25 bits per heavy atom. The van der Waals surface area contributed by atoms with Crippen LogP contribution in [0.2, 0.25) is 0 Å². The molecule has 9 heteroatoms. The highest BCUT2D eigenvalue weighted by Crippen LogP contribution is 2.32. The van der Waals surface area contributed by atoms with E-state index in [2.05, 4.69) is 15.0 Å². The first kappa shape index (κ1) is 20.3. The molecule has 2 aliphatic rings. The van der Waals surface area contributed by atoms with Crippen LogP contribution in [0.3, 0.4) is 0 Å². The van der Waals surface area contributed by atoms with Crippen molar-refractivity contribution in [3.8, 4) is 17.1 Å². The van der Waals surface area contributed by atoms with Gasteiger partial charge in [0.25, 0.3) is 0 Å². The summed E-state index contributed by atoms with van der Waals surface area (Å²) in [4.78, 5) is 27.4. The first-order valence-electron chi connectivity index (χ1n) is 10.4. The molecule has 8 nitrogen and oxygen atoms in total. The smallest absolute Gasteiger partial charge is 0.433 e. The number of anilines is 1. The molecule has 3 heterocycles. The number of nitrogens with zero attached hydrogens (tertiary/aromatic N) is 4. The van der Waals surface area contributed by atoms with Gasteiger partial charge in [-0.15, -0.1) is 0 Å². The molecular weight excluding hydrogens is 415 g/mol. The van der Waals surface area contributed by atoms with Gasteiger partial charge in [0.05, 0.1) is 30.8 Å². The van der Waals surface area contributed by atoms with Crippen molar-refractivity contribution in [3.63, 3.8) is 0 Å². The largest absolute Gasteiger partial charge is 0.507 e. The van der Waals surface area contributed by atoms with Crippen molar-refractivity contribution < 1.29 is 23.8 Å². The average Bonchev–Trinajstić information content (AvgIpc) is 3.45. The number of carbonyl (C=O) groups is 1. The summed E-state index contributed by atoms with van der Waals surface area (Å²) in [5.74, 6) is 0.522. The molecule has 1 atom stereocenters. The summed E-state index contributed by atoms with van der Waals surface area (Å²) in [7, 11) is 0. The lowest BCUT2D eigenvalue weighted by Crippen LogP contribution is -2.22. The average molecular weight is 436 g/mol. The van der Waals surface area contributed by atoms with Crippen molar-refractivity contribution in [3.05, 3.63) is 48.3 Å². The lowest BCUT2D eigenvalue weighted by Gasteiger charge is -2.19. The molecule has 32 heavy (non-hydrogen) atoms. The molecule has 1 aromatic heterocycles. The molecular formula is C23H21FN4O4. The minimum absolute atomic E-state index is 0.0576. The van der Waals surface area contributed by atoms with Crippen LogP contribution in [-0.2, 0) is 9.47 Å². The summed E-state index contributed by atoms with van der Waals surface area (Å²) in [5, 5.41) is 10.8. The number of fused-ring (bicyclic) bond motifs is 1. The number of carbonyl (C=O) groups excluding carboxylic acids is 1. The highest BCUT2D eigenvalue weighted by Gasteiger charge is 2.25. The second kappa shape index (κ2) is 8.51. The third kappa shape index (κ3) is 4.11. The number of aromatic hydroxyl groups is 1. The van der Waals surface area contributed by atoms with Gasteiger partial charge in [0, 0.05) is 30.5 Å². The number of phenols is 1. The highest BCUT2D eigenvalue weighted by molar-refractivity contribution is 6.00. The quantitative estimate of drug-likeness (QED) is 0.668. The van der Waals surface area contributed by atoms with E-state index < -0.39 is 11.9 Å². The van der Waals surface area contributed by atoms with E-state index in [9.17, 15) is 14.3 Å². The van der Waals surface area contributed by atoms with Gasteiger partial charge in [-0.05, 0) is 30.3 Å². The van der Waals surface area contributed by atoms with Crippen LogP contribution in [0.1, 0.15) is 12.8 Å². The fourth-order valence-corrected chi connectivity index (χ4v) is 3.93. The van der Waals surface area contributed by atoms with E-state index in [0.29, 0.717) is 73.0 Å².